The fourth-order valence-electron chi connectivity index (χ4n) is 3.79. The molecule has 0 radical (unpaired) electrons. The lowest BCUT2D eigenvalue weighted by Crippen LogP contribution is -2.46. The van der Waals surface area contributed by atoms with Gasteiger partial charge in [-0.25, -0.2) is 0 Å². The van der Waals surface area contributed by atoms with Crippen LogP contribution in [0.15, 0.2) is 0 Å². The van der Waals surface area contributed by atoms with Gasteiger partial charge >= 0.3 is 0 Å². The van der Waals surface area contributed by atoms with Crippen molar-refractivity contribution in [3.63, 3.8) is 0 Å². The first kappa shape index (κ1) is 18.8. The summed E-state index contributed by atoms with van der Waals surface area (Å²) in [4.78, 5) is 12.4. The zero-order valence-electron chi connectivity index (χ0n) is 13.9. The van der Waals surface area contributed by atoms with E-state index >= 15 is 0 Å². The summed E-state index contributed by atoms with van der Waals surface area (Å²) in [5.74, 6) is 2.05. The van der Waals surface area contributed by atoms with Crippen LogP contribution in [-0.4, -0.2) is 24.5 Å². The normalized spacial score (nSPS) is 32.8. The number of hydrogen-bond acceptors (Lipinski definition) is 2. The highest BCUT2D eigenvalue weighted by Crippen LogP contribution is 2.31. The van der Waals surface area contributed by atoms with Crippen molar-refractivity contribution in [3.05, 3.63) is 0 Å². The summed E-state index contributed by atoms with van der Waals surface area (Å²) in [7, 11) is 0. The van der Waals surface area contributed by atoms with Crippen LogP contribution >= 0.6 is 12.4 Å². The molecular weight excluding hydrogens is 284 g/mol. The molecule has 124 valence electrons. The van der Waals surface area contributed by atoms with Crippen LogP contribution in [0.5, 0.6) is 0 Å². The van der Waals surface area contributed by atoms with E-state index in [-0.39, 0.29) is 18.3 Å². The van der Waals surface area contributed by atoms with Crippen molar-refractivity contribution >= 4 is 18.3 Å². The molecule has 1 aliphatic heterocycles. The fraction of sp³-hybridized carbons (Fsp3) is 0.941. The molecule has 4 heteroatoms. The molecule has 2 aliphatic rings. The Hall–Kier alpha value is -0.280. The third-order valence-electron chi connectivity index (χ3n) is 5.10. The van der Waals surface area contributed by atoms with Crippen molar-refractivity contribution in [1.29, 1.82) is 0 Å². The Morgan fingerprint density at radius 3 is 2.71 bits per heavy atom. The lowest BCUT2D eigenvalue weighted by atomic mass is 9.90. The summed E-state index contributed by atoms with van der Waals surface area (Å²) in [5, 5.41) is 6.80. The Bertz CT molecular complexity index is 322. The zero-order chi connectivity index (χ0) is 14.5. The number of hydrogen-bond donors (Lipinski definition) is 2. The molecule has 0 spiro atoms. The molecule has 2 fully saturated rings. The number of amides is 1. The van der Waals surface area contributed by atoms with Crippen molar-refractivity contribution in [3.8, 4) is 0 Å². The maximum absolute atomic E-state index is 12.4. The molecule has 2 unspecified atom stereocenters. The van der Waals surface area contributed by atoms with Crippen LogP contribution in [-0.2, 0) is 4.79 Å². The lowest BCUT2D eigenvalue weighted by Gasteiger charge is -2.29. The van der Waals surface area contributed by atoms with Crippen LogP contribution in [0.1, 0.15) is 65.7 Å². The highest BCUT2D eigenvalue weighted by molar-refractivity contribution is 5.85. The molecule has 21 heavy (non-hydrogen) atoms. The van der Waals surface area contributed by atoms with Gasteiger partial charge in [-0.3, -0.25) is 4.79 Å². The van der Waals surface area contributed by atoms with E-state index in [9.17, 15) is 4.79 Å². The molecule has 0 aromatic rings. The summed E-state index contributed by atoms with van der Waals surface area (Å²) in [5.41, 5.74) is 0. The molecule has 1 saturated carbocycles. The van der Waals surface area contributed by atoms with Gasteiger partial charge in [0.15, 0.2) is 0 Å². The van der Waals surface area contributed by atoms with Crippen LogP contribution in [0.2, 0.25) is 0 Å². The van der Waals surface area contributed by atoms with Gasteiger partial charge in [0.2, 0.25) is 5.91 Å². The molecule has 2 rings (SSSR count). The SMILES string of the molecule is CC(C)CCC1CCCC1NC(=O)[C@H]1CCN[C@@H](C)C1.Cl. The monoisotopic (exact) mass is 316 g/mol. The van der Waals surface area contributed by atoms with Crippen molar-refractivity contribution in [2.24, 2.45) is 17.8 Å². The van der Waals surface area contributed by atoms with Crippen LogP contribution in [0.25, 0.3) is 0 Å². The topological polar surface area (TPSA) is 41.1 Å². The average molecular weight is 317 g/mol. The number of halogens is 1. The predicted molar refractivity (Wildman–Crippen MR) is 90.8 cm³/mol. The van der Waals surface area contributed by atoms with E-state index in [1.165, 1.54) is 32.1 Å². The summed E-state index contributed by atoms with van der Waals surface area (Å²) in [6.45, 7) is 7.75. The Labute approximate surface area is 136 Å². The quantitative estimate of drug-likeness (QED) is 0.815. The maximum atomic E-state index is 12.4. The molecule has 1 aliphatic carbocycles. The molecule has 0 bridgehead atoms. The Balaban J connectivity index is 0.00000220. The molecule has 1 heterocycles. The Morgan fingerprint density at radius 1 is 1.29 bits per heavy atom. The first-order valence-electron chi connectivity index (χ1n) is 8.60. The second-order valence-electron chi connectivity index (χ2n) is 7.35. The molecule has 0 aromatic heterocycles. The number of nitrogens with one attached hydrogen (secondary N) is 2. The second kappa shape index (κ2) is 8.99. The fourth-order valence-corrected chi connectivity index (χ4v) is 3.79. The van der Waals surface area contributed by atoms with E-state index in [1.807, 2.05) is 0 Å². The van der Waals surface area contributed by atoms with Gasteiger partial charge in [0.05, 0.1) is 0 Å². The summed E-state index contributed by atoms with van der Waals surface area (Å²) in [6, 6.07) is 0.936. The van der Waals surface area contributed by atoms with Gasteiger partial charge in [-0.15, -0.1) is 12.4 Å². The highest BCUT2D eigenvalue weighted by atomic mass is 35.5. The van der Waals surface area contributed by atoms with E-state index in [4.69, 9.17) is 0 Å². The largest absolute Gasteiger partial charge is 0.353 e. The zero-order valence-corrected chi connectivity index (χ0v) is 14.7. The van der Waals surface area contributed by atoms with Gasteiger partial charge in [0.1, 0.15) is 0 Å². The van der Waals surface area contributed by atoms with Crippen LogP contribution in [0.4, 0.5) is 0 Å². The minimum absolute atomic E-state index is 0. The minimum Gasteiger partial charge on any atom is -0.353 e. The lowest BCUT2D eigenvalue weighted by molar-refractivity contribution is -0.127. The molecule has 1 saturated heterocycles. The Kier molecular flexibility index (Phi) is 8.04. The van der Waals surface area contributed by atoms with E-state index in [0.29, 0.717) is 18.0 Å². The molecule has 4 atom stereocenters. The van der Waals surface area contributed by atoms with E-state index in [2.05, 4.69) is 31.4 Å². The van der Waals surface area contributed by atoms with Crippen molar-refractivity contribution in [2.75, 3.05) is 6.54 Å². The maximum Gasteiger partial charge on any atom is 0.223 e. The molecule has 3 nitrogen and oxygen atoms in total. The summed E-state index contributed by atoms with van der Waals surface area (Å²) in [6.07, 6.45) is 8.35. The van der Waals surface area contributed by atoms with Crippen LogP contribution < -0.4 is 10.6 Å². The Morgan fingerprint density at radius 2 is 2.05 bits per heavy atom. The first-order chi connectivity index (χ1) is 9.56. The molecule has 0 aromatic carbocycles. The number of carbonyl (C=O) groups is 1. The van der Waals surface area contributed by atoms with Crippen LogP contribution in [0.3, 0.4) is 0 Å². The van der Waals surface area contributed by atoms with Crippen molar-refractivity contribution in [1.82, 2.24) is 10.6 Å². The number of piperidine rings is 1. The van der Waals surface area contributed by atoms with Gasteiger partial charge in [-0.2, -0.15) is 0 Å². The third kappa shape index (κ3) is 5.78. The predicted octanol–water partition coefficient (Wildman–Crippen LogP) is 3.52. The van der Waals surface area contributed by atoms with Gasteiger partial charge in [-0.1, -0.05) is 26.7 Å². The van der Waals surface area contributed by atoms with Crippen molar-refractivity contribution < 1.29 is 4.79 Å². The molecule has 1 amide bonds. The van der Waals surface area contributed by atoms with Gasteiger partial charge in [-0.05, 0) is 57.4 Å². The average Bonchev–Trinajstić information content (AvgIpc) is 2.83. The van der Waals surface area contributed by atoms with Crippen LogP contribution in [0, 0.1) is 17.8 Å². The third-order valence-corrected chi connectivity index (χ3v) is 5.10. The van der Waals surface area contributed by atoms with Gasteiger partial charge < -0.3 is 10.6 Å². The van der Waals surface area contributed by atoms with Gasteiger partial charge in [0.25, 0.3) is 0 Å². The molecule has 2 N–H and O–H groups in total. The number of carbonyl (C=O) groups excluding carboxylic acids is 1. The standard InChI is InChI=1S/C17H32N2O.ClH/c1-12(2)7-8-14-5-4-6-16(14)19-17(20)15-9-10-18-13(3)11-15;/h12-16,18H,4-11H2,1-3H3,(H,19,20);1H/t13-,14?,15-,16?;/m0./s1. The van der Waals surface area contributed by atoms with E-state index in [0.717, 1.165) is 31.2 Å². The van der Waals surface area contributed by atoms with E-state index in [1.54, 1.807) is 0 Å². The second-order valence-corrected chi connectivity index (χ2v) is 7.35. The first-order valence-corrected chi connectivity index (χ1v) is 8.60. The minimum atomic E-state index is 0. The van der Waals surface area contributed by atoms with Crippen molar-refractivity contribution in [2.45, 2.75) is 77.8 Å². The smallest absolute Gasteiger partial charge is 0.223 e. The highest BCUT2D eigenvalue weighted by Gasteiger charge is 2.31. The number of rotatable bonds is 5. The summed E-state index contributed by atoms with van der Waals surface area (Å²) >= 11 is 0. The van der Waals surface area contributed by atoms with E-state index < -0.39 is 0 Å². The molecular formula is C17H33ClN2O. The summed E-state index contributed by atoms with van der Waals surface area (Å²) < 4.78 is 0. The van der Waals surface area contributed by atoms with Gasteiger partial charge in [0, 0.05) is 18.0 Å².